The van der Waals surface area contributed by atoms with Gasteiger partial charge in [-0.05, 0) is 37.3 Å². The number of nitrogens with one attached hydrogen (secondary N) is 2. The highest BCUT2D eigenvalue weighted by Crippen LogP contribution is 2.29. The summed E-state index contributed by atoms with van der Waals surface area (Å²) < 4.78 is 32.1. The molecule has 1 aromatic heterocycles. The molecule has 8 nitrogen and oxygen atoms in total. The zero-order chi connectivity index (χ0) is 20.3. The minimum absolute atomic E-state index is 0.0691. The number of benzene rings is 2. The highest BCUT2D eigenvalue weighted by Gasteiger charge is 2.22. The molecule has 146 valence electrons. The zero-order valence-corrected chi connectivity index (χ0v) is 17.2. The van der Waals surface area contributed by atoms with Crippen molar-refractivity contribution in [2.24, 2.45) is 0 Å². The summed E-state index contributed by atoms with van der Waals surface area (Å²) in [5, 5.41) is 10.2. The smallest absolute Gasteiger partial charge is 0.291 e. The summed E-state index contributed by atoms with van der Waals surface area (Å²) in [6.45, 7) is 1.86. The van der Waals surface area contributed by atoms with Gasteiger partial charge in [0.2, 0.25) is 5.13 Å². The van der Waals surface area contributed by atoms with Gasteiger partial charge in [0.05, 0.1) is 17.8 Å². The van der Waals surface area contributed by atoms with Gasteiger partial charge in [0.25, 0.3) is 20.3 Å². The number of aryl methyl sites for hydroxylation is 1. The molecule has 11 heteroatoms. The topological polar surface area (TPSA) is 110 Å². The van der Waals surface area contributed by atoms with Crippen molar-refractivity contribution in [3.63, 3.8) is 0 Å². The van der Waals surface area contributed by atoms with Crippen LogP contribution >= 0.6 is 22.9 Å². The van der Waals surface area contributed by atoms with Crippen LogP contribution in [0.1, 0.15) is 15.9 Å². The summed E-state index contributed by atoms with van der Waals surface area (Å²) in [7, 11) is -2.53. The first kappa shape index (κ1) is 20.1. The van der Waals surface area contributed by atoms with Gasteiger partial charge in [0.1, 0.15) is 5.75 Å². The van der Waals surface area contributed by atoms with Crippen LogP contribution in [-0.4, -0.2) is 31.6 Å². The van der Waals surface area contributed by atoms with Crippen LogP contribution in [0.5, 0.6) is 5.75 Å². The highest BCUT2D eigenvalue weighted by molar-refractivity contribution is 7.94. The number of rotatable bonds is 6. The van der Waals surface area contributed by atoms with Crippen molar-refractivity contribution in [1.82, 2.24) is 10.2 Å². The number of ether oxygens (including phenoxy) is 1. The van der Waals surface area contributed by atoms with E-state index in [0.29, 0.717) is 11.3 Å². The second-order valence-corrected chi connectivity index (χ2v) is 8.89. The Hall–Kier alpha value is -2.69. The third kappa shape index (κ3) is 4.58. The first-order valence-electron chi connectivity index (χ1n) is 7.86. The number of hydrogen-bond donors (Lipinski definition) is 2. The maximum Gasteiger partial charge on any atom is 0.291 e. The standard InChI is InChI=1S/C17H15ClN4O4S2/c1-10-4-3-5-11(8-10)15(23)19-16-20-21-17(27-16)28(24,25)22-12-6-7-14(26-2)13(18)9-12/h3-9,22H,1-2H3,(H,19,20,23). The molecule has 0 unspecified atom stereocenters. The van der Waals surface area contributed by atoms with E-state index in [4.69, 9.17) is 16.3 Å². The van der Waals surface area contributed by atoms with Gasteiger partial charge < -0.3 is 4.74 Å². The predicted molar refractivity (Wildman–Crippen MR) is 108 cm³/mol. The van der Waals surface area contributed by atoms with Crippen molar-refractivity contribution in [3.8, 4) is 5.75 Å². The van der Waals surface area contributed by atoms with Crippen LogP contribution in [0.3, 0.4) is 0 Å². The van der Waals surface area contributed by atoms with E-state index < -0.39 is 15.9 Å². The van der Waals surface area contributed by atoms with Crippen LogP contribution in [0.2, 0.25) is 5.02 Å². The molecule has 3 rings (SSSR count). The normalized spacial score (nSPS) is 11.1. The molecule has 0 saturated carbocycles. The first-order valence-corrected chi connectivity index (χ1v) is 10.5. The Bertz CT molecular complexity index is 1130. The number of hydrogen-bond acceptors (Lipinski definition) is 7. The van der Waals surface area contributed by atoms with Gasteiger partial charge in [-0.2, -0.15) is 8.42 Å². The van der Waals surface area contributed by atoms with Crippen LogP contribution < -0.4 is 14.8 Å². The van der Waals surface area contributed by atoms with Gasteiger partial charge in [-0.25, -0.2) is 0 Å². The fourth-order valence-electron chi connectivity index (χ4n) is 2.25. The maximum absolute atomic E-state index is 12.5. The zero-order valence-electron chi connectivity index (χ0n) is 14.8. The molecule has 0 atom stereocenters. The Kier molecular flexibility index (Phi) is 5.82. The van der Waals surface area contributed by atoms with Crippen molar-refractivity contribution >= 4 is 49.7 Å². The Morgan fingerprint density at radius 1 is 1.18 bits per heavy atom. The Labute approximate surface area is 170 Å². The lowest BCUT2D eigenvalue weighted by Gasteiger charge is -2.07. The molecule has 1 heterocycles. The van der Waals surface area contributed by atoms with Crippen LogP contribution in [-0.2, 0) is 10.0 Å². The second-order valence-electron chi connectivity index (χ2n) is 5.65. The molecule has 0 spiro atoms. The minimum atomic E-state index is -3.99. The molecular formula is C17H15ClN4O4S2. The second kappa shape index (κ2) is 8.13. The largest absolute Gasteiger partial charge is 0.495 e. The SMILES string of the molecule is COc1ccc(NS(=O)(=O)c2nnc(NC(=O)c3cccc(C)c3)s2)cc1Cl. The summed E-state index contributed by atoms with van der Waals surface area (Å²) in [5.41, 5.74) is 1.60. The molecule has 3 aromatic rings. The molecule has 2 N–H and O–H groups in total. The van der Waals surface area contributed by atoms with E-state index in [0.717, 1.165) is 16.9 Å². The summed E-state index contributed by atoms with van der Waals surface area (Å²) in [6.07, 6.45) is 0. The van der Waals surface area contributed by atoms with E-state index in [1.807, 2.05) is 13.0 Å². The van der Waals surface area contributed by atoms with Crippen LogP contribution in [0.4, 0.5) is 10.8 Å². The first-order chi connectivity index (χ1) is 13.3. The Balaban J connectivity index is 1.75. The van der Waals surface area contributed by atoms with Gasteiger partial charge in [0, 0.05) is 5.56 Å². The van der Waals surface area contributed by atoms with Crippen LogP contribution in [0.25, 0.3) is 0 Å². The number of nitrogens with zero attached hydrogens (tertiary/aromatic N) is 2. The van der Waals surface area contributed by atoms with Crippen LogP contribution in [0.15, 0.2) is 46.8 Å². The van der Waals surface area contributed by atoms with E-state index in [1.165, 1.54) is 25.3 Å². The average molecular weight is 439 g/mol. The molecule has 0 radical (unpaired) electrons. The number of halogens is 1. The molecule has 1 amide bonds. The quantitative estimate of drug-likeness (QED) is 0.569. The van der Waals surface area contributed by atoms with Gasteiger partial charge in [0.15, 0.2) is 0 Å². The number of carbonyl (C=O) groups is 1. The molecule has 0 aliphatic heterocycles. The summed E-state index contributed by atoms with van der Waals surface area (Å²) >= 11 is 6.74. The van der Waals surface area contributed by atoms with Gasteiger partial charge >= 0.3 is 0 Å². The molecular weight excluding hydrogens is 424 g/mol. The van der Waals surface area contributed by atoms with Gasteiger partial charge in [-0.1, -0.05) is 40.6 Å². The third-order valence-electron chi connectivity index (χ3n) is 3.54. The molecule has 28 heavy (non-hydrogen) atoms. The van der Waals surface area contributed by atoms with Crippen molar-refractivity contribution in [2.75, 3.05) is 17.1 Å². The number of anilines is 2. The number of carbonyl (C=O) groups excluding carboxylic acids is 1. The average Bonchev–Trinajstić information content (AvgIpc) is 3.11. The van der Waals surface area contributed by atoms with Gasteiger partial charge in [-0.3, -0.25) is 14.8 Å². The number of sulfonamides is 1. The summed E-state index contributed by atoms with van der Waals surface area (Å²) in [6, 6.07) is 11.4. The Morgan fingerprint density at radius 2 is 1.96 bits per heavy atom. The number of methoxy groups -OCH3 is 1. The third-order valence-corrected chi connectivity index (χ3v) is 6.42. The molecule has 2 aromatic carbocycles. The highest BCUT2D eigenvalue weighted by atomic mass is 35.5. The lowest BCUT2D eigenvalue weighted by Crippen LogP contribution is -2.12. The monoisotopic (exact) mass is 438 g/mol. The lowest BCUT2D eigenvalue weighted by molar-refractivity contribution is 0.102. The number of aromatic nitrogens is 2. The Morgan fingerprint density at radius 3 is 2.64 bits per heavy atom. The predicted octanol–water partition coefficient (Wildman–Crippen LogP) is 3.56. The molecule has 0 aliphatic rings. The van der Waals surface area contributed by atoms with Crippen molar-refractivity contribution in [1.29, 1.82) is 0 Å². The summed E-state index contributed by atoms with van der Waals surface area (Å²) in [5.74, 6) is 0.0142. The van der Waals surface area contributed by atoms with E-state index in [1.54, 1.807) is 18.2 Å². The molecule has 0 saturated heterocycles. The molecule has 0 bridgehead atoms. The van der Waals surface area contributed by atoms with Crippen molar-refractivity contribution < 1.29 is 17.9 Å². The molecule has 0 aliphatic carbocycles. The van der Waals surface area contributed by atoms with Crippen molar-refractivity contribution in [3.05, 3.63) is 58.6 Å². The van der Waals surface area contributed by atoms with Crippen LogP contribution in [0, 0.1) is 6.92 Å². The van der Waals surface area contributed by atoms with E-state index in [9.17, 15) is 13.2 Å². The van der Waals surface area contributed by atoms with E-state index >= 15 is 0 Å². The fourth-order valence-corrected chi connectivity index (χ4v) is 4.46. The van der Waals surface area contributed by atoms with Crippen molar-refractivity contribution in [2.45, 2.75) is 11.3 Å². The minimum Gasteiger partial charge on any atom is -0.495 e. The maximum atomic E-state index is 12.5. The van der Waals surface area contributed by atoms with E-state index in [2.05, 4.69) is 20.2 Å². The number of amides is 1. The fraction of sp³-hybridized carbons (Fsp3) is 0.118. The lowest BCUT2D eigenvalue weighted by atomic mass is 10.1. The van der Waals surface area contributed by atoms with E-state index in [-0.39, 0.29) is 20.2 Å². The van der Waals surface area contributed by atoms with Gasteiger partial charge in [-0.15, -0.1) is 10.2 Å². The molecule has 0 fully saturated rings. The summed E-state index contributed by atoms with van der Waals surface area (Å²) in [4.78, 5) is 12.3.